The fraction of sp³-hybridized carbons (Fsp3) is 0.350. The molecule has 27 heavy (non-hydrogen) atoms. The number of aromatic nitrogens is 3. The van der Waals surface area contributed by atoms with Gasteiger partial charge in [0.05, 0.1) is 23.5 Å². The van der Waals surface area contributed by atoms with Gasteiger partial charge in [-0.15, -0.1) is 21.5 Å². The van der Waals surface area contributed by atoms with E-state index in [0.717, 1.165) is 31.6 Å². The molecule has 6 nitrogen and oxygen atoms in total. The molecule has 2 aliphatic heterocycles. The summed E-state index contributed by atoms with van der Waals surface area (Å²) in [5.74, 6) is 0.0514. The minimum absolute atomic E-state index is 0.0514. The van der Waals surface area contributed by atoms with Gasteiger partial charge in [0.2, 0.25) is 0 Å². The Labute approximate surface area is 161 Å². The van der Waals surface area contributed by atoms with Crippen molar-refractivity contribution in [3.05, 3.63) is 64.4 Å². The number of fused-ring (bicyclic) bond motifs is 2. The van der Waals surface area contributed by atoms with Crippen LogP contribution < -0.4 is 0 Å². The number of carbonyl (C=O) groups is 1. The summed E-state index contributed by atoms with van der Waals surface area (Å²) in [6.07, 6.45) is 5.93. The molecule has 0 atom stereocenters. The van der Waals surface area contributed by atoms with Crippen LogP contribution in [0.2, 0.25) is 0 Å². The van der Waals surface area contributed by atoms with Crippen LogP contribution in [0.3, 0.4) is 0 Å². The van der Waals surface area contributed by atoms with Gasteiger partial charge in [-0.05, 0) is 42.0 Å². The van der Waals surface area contributed by atoms with Crippen LogP contribution in [0.15, 0.2) is 48.4 Å². The number of likely N-dealkylation sites (tertiary alicyclic amines) is 1. The Hall–Kier alpha value is -2.51. The molecule has 3 aromatic rings. The molecule has 0 N–H and O–H groups in total. The van der Waals surface area contributed by atoms with E-state index in [0.29, 0.717) is 18.7 Å². The molecular weight excluding hydrogens is 360 g/mol. The molecule has 0 unspecified atom stereocenters. The van der Waals surface area contributed by atoms with Gasteiger partial charge < -0.3 is 9.64 Å². The molecule has 1 amide bonds. The van der Waals surface area contributed by atoms with Crippen molar-refractivity contribution in [2.24, 2.45) is 0 Å². The zero-order valence-corrected chi connectivity index (χ0v) is 15.7. The summed E-state index contributed by atoms with van der Waals surface area (Å²) in [6.45, 7) is 2.17. The van der Waals surface area contributed by atoms with Crippen LogP contribution in [0.1, 0.15) is 33.6 Å². The zero-order chi connectivity index (χ0) is 18.3. The summed E-state index contributed by atoms with van der Waals surface area (Å²) < 4.78 is 8.03. The van der Waals surface area contributed by atoms with Gasteiger partial charge in [0, 0.05) is 24.4 Å². The number of rotatable bonds is 2. The Morgan fingerprint density at radius 3 is 2.70 bits per heavy atom. The van der Waals surface area contributed by atoms with E-state index in [9.17, 15) is 4.79 Å². The van der Waals surface area contributed by atoms with E-state index < -0.39 is 0 Å². The van der Waals surface area contributed by atoms with Crippen molar-refractivity contribution in [2.75, 3.05) is 19.7 Å². The average Bonchev–Trinajstić information content (AvgIpc) is 3.41. The minimum Gasteiger partial charge on any atom is -0.370 e. The van der Waals surface area contributed by atoms with Gasteiger partial charge >= 0.3 is 0 Å². The lowest BCUT2D eigenvalue weighted by atomic mass is 9.82. The highest BCUT2D eigenvalue weighted by Crippen LogP contribution is 2.43. The van der Waals surface area contributed by atoms with E-state index in [2.05, 4.69) is 21.6 Å². The first-order chi connectivity index (χ1) is 13.3. The topological polar surface area (TPSA) is 60.2 Å². The predicted molar refractivity (Wildman–Crippen MR) is 102 cm³/mol. The molecule has 1 fully saturated rings. The first kappa shape index (κ1) is 16.6. The molecule has 138 valence electrons. The van der Waals surface area contributed by atoms with E-state index in [1.54, 1.807) is 17.2 Å². The largest absolute Gasteiger partial charge is 0.370 e. The number of hydrogen-bond donors (Lipinski definition) is 0. The first-order valence-corrected chi connectivity index (χ1v) is 10.1. The molecule has 0 radical (unpaired) electrons. The molecule has 0 saturated carbocycles. The van der Waals surface area contributed by atoms with E-state index >= 15 is 0 Å². The van der Waals surface area contributed by atoms with Gasteiger partial charge in [-0.2, -0.15) is 0 Å². The Bertz CT molecular complexity index is 958. The second-order valence-corrected chi connectivity index (χ2v) is 8.03. The number of carbonyl (C=O) groups excluding carboxylic acids is 1. The normalized spacial score (nSPS) is 18.4. The number of piperidine rings is 1. The van der Waals surface area contributed by atoms with Gasteiger partial charge in [-0.3, -0.25) is 9.36 Å². The van der Waals surface area contributed by atoms with Crippen LogP contribution in [-0.4, -0.2) is 45.3 Å². The lowest BCUT2D eigenvalue weighted by molar-refractivity contribution is -0.0926. The quantitative estimate of drug-likeness (QED) is 0.686. The summed E-state index contributed by atoms with van der Waals surface area (Å²) in [5.41, 5.74) is 2.62. The van der Waals surface area contributed by atoms with E-state index in [1.807, 2.05) is 40.5 Å². The molecule has 4 heterocycles. The molecule has 2 aromatic heterocycles. The fourth-order valence-electron chi connectivity index (χ4n) is 4.22. The van der Waals surface area contributed by atoms with E-state index in [-0.39, 0.29) is 11.5 Å². The Kier molecular flexibility index (Phi) is 4.06. The van der Waals surface area contributed by atoms with Crippen LogP contribution in [0.25, 0.3) is 5.69 Å². The van der Waals surface area contributed by atoms with Gasteiger partial charge in [0.1, 0.15) is 12.7 Å². The molecule has 0 aliphatic carbocycles. The van der Waals surface area contributed by atoms with Crippen molar-refractivity contribution in [3.8, 4) is 5.69 Å². The fourth-order valence-corrected chi connectivity index (χ4v) is 5.17. The maximum atomic E-state index is 13.2. The first-order valence-electron chi connectivity index (χ1n) is 9.21. The third-order valence-corrected chi connectivity index (χ3v) is 6.61. The van der Waals surface area contributed by atoms with Gasteiger partial charge in [-0.25, -0.2) is 0 Å². The average molecular weight is 380 g/mol. The smallest absolute Gasteiger partial charge is 0.255 e. The van der Waals surface area contributed by atoms with E-state index in [1.165, 1.54) is 10.4 Å². The molecule has 5 rings (SSSR count). The van der Waals surface area contributed by atoms with Crippen LogP contribution in [-0.2, 0) is 16.8 Å². The molecule has 7 heteroatoms. The number of nitrogens with zero attached hydrogens (tertiary/aromatic N) is 4. The second-order valence-electron chi connectivity index (χ2n) is 7.03. The predicted octanol–water partition coefficient (Wildman–Crippen LogP) is 3.03. The van der Waals surface area contributed by atoms with Crippen molar-refractivity contribution in [3.63, 3.8) is 0 Å². The third kappa shape index (κ3) is 2.78. The maximum absolute atomic E-state index is 13.2. The summed E-state index contributed by atoms with van der Waals surface area (Å²) in [6, 6.07) is 9.82. The summed E-state index contributed by atoms with van der Waals surface area (Å²) in [5, 5.41) is 9.88. The van der Waals surface area contributed by atoms with Crippen LogP contribution >= 0.6 is 11.3 Å². The van der Waals surface area contributed by atoms with Gasteiger partial charge in [-0.1, -0.05) is 12.1 Å². The van der Waals surface area contributed by atoms with Gasteiger partial charge in [0.15, 0.2) is 0 Å². The number of amides is 1. The molecular formula is C20H20N4O2S. The summed E-state index contributed by atoms with van der Waals surface area (Å²) >= 11 is 1.82. The zero-order valence-electron chi connectivity index (χ0n) is 14.9. The standard InChI is InChI=1S/C20H20N4O2S/c25-19(15-3-1-2-4-17(15)24-13-21-22-14-24)23-9-7-20(8-10-23)16-6-12-27-18(16)5-11-26-20/h1-4,6,12-14H,5,7-11H2. The number of hydrogen-bond acceptors (Lipinski definition) is 5. The van der Waals surface area contributed by atoms with E-state index in [4.69, 9.17) is 4.74 Å². The highest BCUT2D eigenvalue weighted by molar-refractivity contribution is 7.10. The van der Waals surface area contributed by atoms with Gasteiger partial charge in [0.25, 0.3) is 5.91 Å². The highest BCUT2D eigenvalue weighted by atomic mass is 32.1. The molecule has 2 aliphatic rings. The lowest BCUT2D eigenvalue weighted by Crippen LogP contribution is -2.48. The van der Waals surface area contributed by atoms with Crippen LogP contribution in [0.4, 0.5) is 0 Å². The maximum Gasteiger partial charge on any atom is 0.255 e. The lowest BCUT2D eigenvalue weighted by Gasteiger charge is -2.44. The van der Waals surface area contributed by atoms with Crippen LogP contribution in [0, 0.1) is 0 Å². The van der Waals surface area contributed by atoms with Crippen molar-refractivity contribution in [1.82, 2.24) is 19.7 Å². The number of benzene rings is 1. The second kappa shape index (κ2) is 6.58. The Morgan fingerprint density at radius 2 is 1.89 bits per heavy atom. The number of thiophene rings is 1. The van der Waals surface area contributed by atoms with Crippen molar-refractivity contribution in [2.45, 2.75) is 24.9 Å². The molecule has 1 saturated heterocycles. The summed E-state index contributed by atoms with van der Waals surface area (Å²) in [7, 11) is 0. The van der Waals surface area contributed by atoms with Crippen molar-refractivity contribution < 1.29 is 9.53 Å². The number of ether oxygens (including phenoxy) is 1. The Morgan fingerprint density at radius 1 is 1.11 bits per heavy atom. The monoisotopic (exact) mass is 380 g/mol. The molecule has 1 aromatic carbocycles. The SMILES string of the molecule is O=C(c1ccccc1-n1cnnc1)N1CCC2(CC1)OCCc1sccc12. The Balaban J connectivity index is 1.38. The molecule has 1 spiro atoms. The highest BCUT2D eigenvalue weighted by Gasteiger charge is 2.42. The third-order valence-electron chi connectivity index (χ3n) is 5.63. The van der Waals surface area contributed by atoms with Crippen molar-refractivity contribution >= 4 is 17.2 Å². The number of para-hydroxylation sites is 1. The molecule has 0 bridgehead atoms. The minimum atomic E-state index is -0.210. The van der Waals surface area contributed by atoms with Crippen molar-refractivity contribution in [1.29, 1.82) is 0 Å². The summed E-state index contributed by atoms with van der Waals surface area (Å²) in [4.78, 5) is 16.6. The van der Waals surface area contributed by atoms with Crippen LogP contribution in [0.5, 0.6) is 0 Å².